The molecular formula is C26H30F2N4O3S. The molecule has 1 aliphatic carbocycles. The second-order valence-corrected chi connectivity index (χ2v) is 10.1. The van der Waals surface area contributed by atoms with Gasteiger partial charge in [-0.15, -0.1) is 0 Å². The van der Waals surface area contributed by atoms with Gasteiger partial charge in [-0.1, -0.05) is 36.4 Å². The summed E-state index contributed by atoms with van der Waals surface area (Å²) in [6, 6.07) is 8.51. The maximum Gasteiger partial charge on any atom is 0.256 e. The highest BCUT2D eigenvalue weighted by Gasteiger charge is 2.47. The van der Waals surface area contributed by atoms with Gasteiger partial charge < -0.3 is 14.4 Å². The second-order valence-electron chi connectivity index (χ2n) is 9.04. The summed E-state index contributed by atoms with van der Waals surface area (Å²) in [6.07, 6.45) is 4.68. The number of thioether (sulfide) groups is 1. The SMILES string of the molecule is O=c1[nH]c(N2CCN(C3C(F)=CC=CC3(F)OCCOCc3ccccc3)CC2)nc2c1CSCC2. The molecule has 1 aromatic carbocycles. The van der Waals surface area contributed by atoms with Crippen molar-refractivity contribution >= 4 is 17.7 Å². The minimum atomic E-state index is -2.30. The Kier molecular flexibility index (Phi) is 7.85. The van der Waals surface area contributed by atoms with E-state index in [0.717, 1.165) is 29.0 Å². The molecule has 2 unspecified atom stereocenters. The van der Waals surface area contributed by atoms with E-state index in [9.17, 15) is 9.18 Å². The highest BCUT2D eigenvalue weighted by Crippen LogP contribution is 2.34. The van der Waals surface area contributed by atoms with E-state index in [1.165, 1.54) is 18.2 Å². The average Bonchev–Trinajstić information content (AvgIpc) is 2.89. The third kappa shape index (κ3) is 5.56. The fourth-order valence-corrected chi connectivity index (χ4v) is 5.77. The molecular weight excluding hydrogens is 486 g/mol. The summed E-state index contributed by atoms with van der Waals surface area (Å²) in [6.45, 7) is 2.36. The van der Waals surface area contributed by atoms with Gasteiger partial charge >= 0.3 is 0 Å². The van der Waals surface area contributed by atoms with Crippen LogP contribution in [0.2, 0.25) is 0 Å². The third-order valence-corrected chi connectivity index (χ3v) is 7.66. The number of piperazine rings is 1. The number of aromatic amines is 1. The number of halogens is 2. The average molecular weight is 517 g/mol. The summed E-state index contributed by atoms with van der Waals surface area (Å²) in [5.74, 6) is -0.706. The lowest BCUT2D eigenvalue weighted by atomic mass is 9.99. The third-order valence-electron chi connectivity index (χ3n) is 6.67. The van der Waals surface area contributed by atoms with Crippen LogP contribution in [0.4, 0.5) is 14.7 Å². The molecule has 1 fully saturated rings. The summed E-state index contributed by atoms with van der Waals surface area (Å²) in [4.78, 5) is 23.8. The molecule has 36 heavy (non-hydrogen) atoms. The number of alkyl halides is 1. The summed E-state index contributed by atoms with van der Waals surface area (Å²) in [5, 5.41) is 0. The Balaban J connectivity index is 1.18. The smallest absolute Gasteiger partial charge is 0.256 e. The Morgan fingerprint density at radius 1 is 1.17 bits per heavy atom. The molecule has 0 saturated carbocycles. The number of rotatable bonds is 8. The monoisotopic (exact) mass is 516 g/mol. The fraction of sp³-hybridized carbons (Fsp3) is 0.462. The second kappa shape index (κ2) is 11.2. The van der Waals surface area contributed by atoms with Crippen molar-refractivity contribution in [3.05, 3.63) is 81.6 Å². The van der Waals surface area contributed by atoms with Gasteiger partial charge in [-0.05, 0) is 29.9 Å². The van der Waals surface area contributed by atoms with Crippen molar-refractivity contribution in [3.63, 3.8) is 0 Å². The van der Waals surface area contributed by atoms with Crippen LogP contribution in [0.5, 0.6) is 0 Å². The molecule has 3 aliphatic rings. The lowest BCUT2D eigenvalue weighted by Crippen LogP contribution is -2.58. The quantitative estimate of drug-likeness (QED) is 0.540. The number of H-pyrrole nitrogens is 1. The van der Waals surface area contributed by atoms with Gasteiger partial charge in [-0.3, -0.25) is 14.7 Å². The van der Waals surface area contributed by atoms with Gasteiger partial charge in [0, 0.05) is 37.5 Å². The molecule has 1 saturated heterocycles. The van der Waals surface area contributed by atoms with Crippen LogP contribution in [0.3, 0.4) is 0 Å². The number of anilines is 1. The van der Waals surface area contributed by atoms with E-state index in [-0.39, 0.29) is 18.8 Å². The van der Waals surface area contributed by atoms with Crippen LogP contribution >= 0.6 is 11.8 Å². The molecule has 7 nitrogen and oxygen atoms in total. The number of benzene rings is 1. The van der Waals surface area contributed by atoms with Gasteiger partial charge in [0.05, 0.1) is 25.5 Å². The predicted octanol–water partition coefficient (Wildman–Crippen LogP) is 3.37. The minimum absolute atomic E-state index is 0.00398. The van der Waals surface area contributed by atoms with Crippen LogP contribution < -0.4 is 10.5 Å². The molecule has 0 radical (unpaired) electrons. The molecule has 1 N–H and O–H groups in total. The first-order valence-electron chi connectivity index (χ1n) is 12.2. The van der Waals surface area contributed by atoms with E-state index in [2.05, 4.69) is 9.97 Å². The van der Waals surface area contributed by atoms with E-state index in [1.54, 1.807) is 16.7 Å². The van der Waals surface area contributed by atoms with E-state index < -0.39 is 17.7 Å². The van der Waals surface area contributed by atoms with Crippen LogP contribution in [0, 0.1) is 0 Å². The summed E-state index contributed by atoms with van der Waals surface area (Å²) >= 11 is 1.73. The number of aryl methyl sites for hydroxylation is 1. The Hall–Kier alpha value is -2.53. The van der Waals surface area contributed by atoms with Crippen molar-refractivity contribution in [3.8, 4) is 0 Å². The van der Waals surface area contributed by atoms with Crippen LogP contribution in [-0.2, 0) is 28.3 Å². The first kappa shape index (κ1) is 25.1. The molecule has 3 heterocycles. The van der Waals surface area contributed by atoms with Crippen molar-refractivity contribution < 1.29 is 18.3 Å². The molecule has 2 aromatic rings. The molecule has 0 amide bonds. The van der Waals surface area contributed by atoms with Crippen LogP contribution in [0.15, 0.2) is 59.2 Å². The number of hydrogen-bond acceptors (Lipinski definition) is 7. The van der Waals surface area contributed by atoms with Crippen LogP contribution in [0.1, 0.15) is 16.8 Å². The number of nitrogens with one attached hydrogen (secondary N) is 1. The first-order valence-corrected chi connectivity index (χ1v) is 13.4. The number of allylic oxidation sites excluding steroid dienone is 2. The lowest BCUT2D eigenvalue weighted by Gasteiger charge is -2.43. The number of aromatic nitrogens is 2. The van der Waals surface area contributed by atoms with E-state index in [0.29, 0.717) is 44.5 Å². The number of fused-ring (bicyclic) bond motifs is 1. The highest BCUT2D eigenvalue weighted by atomic mass is 32.2. The van der Waals surface area contributed by atoms with Gasteiger partial charge in [0.25, 0.3) is 11.4 Å². The normalized spacial score (nSPS) is 24.4. The molecule has 5 rings (SSSR count). The van der Waals surface area contributed by atoms with Crippen molar-refractivity contribution in [2.24, 2.45) is 0 Å². The number of ether oxygens (including phenoxy) is 2. The van der Waals surface area contributed by atoms with E-state index >= 15 is 4.39 Å². The topological polar surface area (TPSA) is 70.7 Å². The summed E-state index contributed by atoms with van der Waals surface area (Å²) in [7, 11) is 0. The highest BCUT2D eigenvalue weighted by molar-refractivity contribution is 7.98. The largest absolute Gasteiger partial charge is 0.374 e. The zero-order valence-corrected chi connectivity index (χ0v) is 20.8. The van der Waals surface area contributed by atoms with Crippen molar-refractivity contribution in [2.45, 2.75) is 30.7 Å². The minimum Gasteiger partial charge on any atom is -0.374 e. The Morgan fingerprint density at radius 2 is 1.97 bits per heavy atom. The van der Waals surface area contributed by atoms with Crippen molar-refractivity contribution in [2.75, 3.05) is 50.0 Å². The maximum atomic E-state index is 15.9. The molecule has 10 heteroatoms. The number of nitrogens with zero attached hydrogens (tertiary/aromatic N) is 3. The summed E-state index contributed by atoms with van der Waals surface area (Å²) < 4.78 is 42.0. The van der Waals surface area contributed by atoms with Crippen LogP contribution in [-0.4, -0.2) is 71.9 Å². The lowest BCUT2D eigenvalue weighted by molar-refractivity contribution is -0.161. The van der Waals surface area contributed by atoms with Gasteiger partial charge in [0.15, 0.2) is 0 Å². The van der Waals surface area contributed by atoms with Gasteiger partial charge in [0.2, 0.25) is 5.95 Å². The van der Waals surface area contributed by atoms with Crippen LogP contribution in [0.25, 0.3) is 0 Å². The zero-order chi connectivity index (χ0) is 25.0. The molecule has 192 valence electrons. The molecule has 0 spiro atoms. The molecule has 2 aliphatic heterocycles. The predicted molar refractivity (Wildman–Crippen MR) is 137 cm³/mol. The molecule has 2 atom stereocenters. The number of hydrogen-bond donors (Lipinski definition) is 1. The Morgan fingerprint density at radius 3 is 2.78 bits per heavy atom. The standard InChI is InChI=1S/C26H30F2N4O3S/c27-21-7-4-9-26(28,35-15-14-34-17-19-5-2-1-3-6-19)23(21)31-10-12-32(13-11-31)25-29-22-8-16-36-18-20(22)24(33)30-25/h1-7,9,23H,8,10-18H2,(H,29,30,33). The van der Waals surface area contributed by atoms with Gasteiger partial charge in [-0.2, -0.15) is 11.8 Å². The molecule has 0 bridgehead atoms. The van der Waals surface area contributed by atoms with Gasteiger partial charge in [-0.25, -0.2) is 13.8 Å². The first-order chi connectivity index (χ1) is 17.5. The van der Waals surface area contributed by atoms with E-state index in [1.807, 2.05) is 35.2 Å². The zero-order valence-electron chi connectivity index (χ0n) is 20.0. The van der Waals surface area contributed by atoms with Crippen molar-refractivity contribution in [1.82, 2.24) is 14.9 Å². The van der Waals surface area contributed by atoms with Gasteiger partial charge in [0.1, 0.15) is 11.9 Å². The van der Waals surface area contributed by atoms with Crippen molar-refractivity contribution in [1.29, 1.82) is 0 Å². The Labute approximate surface area is 213 Å². The maximum absolute atomic E-state index is 15.9. The summed E-state index contributed by atoms with van der Waals surface area (Å²) in [5.41, 5.74) is 2.53. The van der Waals surface area contributed by atoms with E-state index in [4.69, 9.17) is 9.47 Å². The Bertz CT molecular complexity index is 1170. The molecule has 1 aromatic heterocycles. The fourth-order valence-electron chi connectivity index (χ4n) is 4.78.